The van der Waals surface area contributed by atoms with E-state index in [1.165, 1.54) is 6.20 Å². The summed E-state index contributed by atoms with van der Waals surface area (Å²) in [6.45, 7) is 1.35. The first-order chi connectivity index (χ1) is 10.2. The second-order valence-electron chi connectivity index (χ2n) is 5.08. The number of anilines is 2. The molecule has 8 nitrogen and oxygen atoms in total. The number of morpholine rings is 1. The van der Waals surface area contributed by atoms with Gasteiger partial charge in [-0.1, -0.05) is 11.6 Å². The number of ether oxygens (including phenoxy) is 1. The zero-order chi connectivity index (χ0) is 14.8. The van der Waals surface area contributed by atoms with Crippen molar-refractivity contribution >= 4 is 29.3 Å². The Kier molecular flexibility index (Phi) is 4.09. The number of nitrogens with one attached hydrogen (secondary N) is 2. The highest BCUT2D eigenvalue weighted by Gasteiger charge is 2.34. The average Bonchev–Trinajstić information content (AvgIpc) is 3.32. The number of carbonyl (C=O) groups excluding carboxylic acids is 1. The molecule has 1 aliphatic heterocycles. The van der Waals surface area contributed by atoms with Crippen LogP contribution in [0.1, 0.15) is 12.8 Å². The maximum atomic E-state index is 12.3. The molecule has 1 saturated carbocycles. The summed E-state index contributed by atoms with van der Waals surface area (Å²) in [5.74, 6) is 6.00. The van der Waals surface area contributed by atoms with Crippen LogP contribution in [0.4, 0.5) is 11.8 Å². The Morgan fingerprint density at radius 1 is 1.52 bits per heavy atom. The van der Waals surface area contributed by atoms with Gasteiger partial charge in [0.1, 0.15) is 11.1 Å². The average molecular weight is 313 g/mol. The van der Waals surface area contributed by atoms with Crippen molar-refractivity contribution in [1.82, 2.24) is 15.3 Å². The normalized spacial score (nSPS) is 22.0. The molecule has 114 valence electrons. The Morgan fingerprint density at radius 3 is 3.05 bits per heavy atom. The second kappa shape index (κ2) is 6.00. The van der Waals surface area contributed by atoms with Crippen LogP contribution in [0.25, 0.3) is 0 Å². The first-order valence-corrected chi connectivity index (χ1v) is 7.20. The molecule has 1 aromatic heterocycles. The number of carbonyl (C=O) groups is 1. The molecule has 0 aromatic carbocycles. The van der Waals surface area contributed by atoms with Gasteiger partial charge < -0.3 is 15.0 Å². The van der Waals surface area contributed by atoms with Gasteiger partial charge in [-0.25, -0.2) is 10.8 Å². The highest BCUT2D eigenvalue weighted by molar-refractivity contribution is 6.32. The molecule has 1 aliphatic carbocycles. The van der Waals surface area contributed by atoms with Crippen molar-refractivity contribution in [2.45, 2.75) is 24.9 Å². The van der Waals surface area contributed by atoms with E-state index < -0.39 is 6.04 Å². The first-order valence-electron chi connectivity index (χ1n) is 6.83. The molecule has 0 bridgehead atoms. The van der Waals surface area contributed by atoms with Gasteiger partial charge in [0.2, 0.25) is 11.9 Å². The van der Waals surface area contributed by atoms with E-state index in [1.807, 2.05) is 4.90 Å². The summed E-state index contributed by atoms with van der Waals surface area (Å²) in [6, 6.07) is -0.152. The van der Waals surface area contributed by atoms with Crippen LogP contribution >= 0.6 is 11.6 Å². The Bertz CT molecular complexity index is 538. The third-order valence-electron chi connectivity index (χ3n) is 3.48. The third kappa shape index (κ3) is 3.17. The molecule has 4 N–H and O–H groups in total. The maximum Gasteiger partial charge on any atom is 0.245 e. The molecular weight excluding hydrogens is 296 g/mol. The van der Waals surface area contributed by atoms with Crippen molar-refractivity contribution in [3.05, 3.63) is 11.2 Å². The summed E-state index contributed by atoms with van der Waals surface area (Å²) in [5, 5.41) is 3.36. The fourth-order valence-electron chi connectivity index (χ4n) is 2.23. The summed E-state index contributed by atoms with van der Waals surface area (Å²) < 4.78 is 5.42. The lowest BCUT2D eigenvalue weighted by Gasteiger charge is -2.35. The molecule has 2 aliphatic rings. The number of hydrazine groups is 1. The number of halogens is 1. The highest BCUT2D eigenvalue weighted by Crippen LogP contribution is 2.27. The Balaban J connectivity index is 1.84. The highest BCUT2D eigenvalue weighted by atomic mass is 35.5. The largest absolute Gasteiger partial charge is 0.377 e. The minimum atomic E-state index is -0.447. The molecule has 0 spiro atoms. The standard InChI is InChI=1S/C12H17ClN6O2/c13-8-5-15-12(18-14)17-10(8)19-3-4-21-6-9(19)11(20)16-7-1-2-7/h5,7,9H,1-4,6,14H2,(H,16,20)(H,15,17,18). The van der Waals surface area contributed by atoms with Crippen LogP contribution in [0.5, 0.6) is 0 Å². The molecule has 1 aromatic rings. The van der Waals surface area contributed by atoms with Crippen LogP contribution in [0, 0.1) is 0 Å². The van der Waals surface area contributed by atoms with Crippen LogP contribution < -0.4 is 21.5 Å². The number of hydrogen-bond donors (Lipinski definition) is 3. The van der Waals surface area contributed by atoms with Gasteiger partial charge in [-0.3, -0.25) is 10.2 Å². The molecule has 1 saturated heterocycles. The van der Waals surface area contributed by atoms with Crippen molar-refractivity contribution < 1.29 is 9.53 Å². The first kappa shape index (κ1) is 14.3. The van der Waals surface area contributed by atoms with E-state index in [2.05, 4.69) is 20.7 Å². The van der Waals surface area contributed by atoms with E-state index in [0.29, 0.717) is 36.6 Å². The van der Waals surface area contributed by atoms with Gasteiger partial charge >= 0.3 is 0 Å². The van der Waals surface area contributed by atoms with Gasteiger partial charge in [0.25, 0.3) is 0 Å². The van der Waals surface area contributed by atoms with Gasteiger partial charge in [0.05, 0.1) is 19.4 Å². The molecule has 0 radical (unpaired) electrons. The van der Waals surface area contributed by atoms with E-state index in [0.717, 1.165) is 12.8 Å². The Morgan fingerprint density at radius 2 is 2.33 bits per heavy atom. The summed E-state index contributed by atoms with van der Waals surface area (Å²) in [4.78, 5) is 22.4. The topological polar surface area (TPSA) is 105 Å². The SMILES string of the molecule is NNc1ncc(Cl)c(N2CCOCC2C(=O)NC2CC2)n1. The summed E-state index contributed by atoms with van der Waals surface area (Å²) >= 11 is 6.17. The smallest absolute Gasteiger partial charge is 0.245 e. The van der Waals surface area contributed by atoms with Crippen LogP contribution in [-0.2, 0) is 9.53 Å². The van der Waals surface area contributed by atoms with Gasteiger partial charge in [-0.2, -0.15) is 4.98 Å². The van der Waals surface area contributed by atoms with Crippen LogP contribution in [-0.4, -0.2) is 47.7 Å². The van der Waals surface area contributed by atoms with Crippen molar-refractivity contribution in [1.29, 1.82) is 0 Å². The molecular formula is C12H17ClN6O2. The van der Waals surface area contributed by atoms with Crippen molar-refractivity contribution in [2.24, 2.45) is 5.84 Å². The predicted molar refractivity (Wildman–Crippen MR) is 78.0 cm³/mol. The lowest BCUT2D eigenvalue weighted by molar-refractivity contribution is -0.124. The van der Waals surface area contributed by atoms with Gasteiger partial charge in [-0.05, 0) is 12.8 Å². The maximum absolute atomic E-state index is 12.3. The van der Waals surface area contributed by atoms with Crippen molar-refractivity contribution in [2.75, 3.05) is 30.1 Å². The lowest BCUT2D eigenvalue weighted by Crippen LogP contribution is -2.54. The van der Waals surface area contributed by atoms with E-state index in [4.69, 9.17) is 22.2 Å². The summed E-state index contributed by atoms with van der Waals surface area (Å²) in [6.07, 6.45) is 3.54. The van der Waals surface area contributed by atoms with Gasteiger partial charge in [0.15, 0.2) is 5.82 Å². The summed E-state index contributed by atoms with van der Waals surface area (Å²) in [7, 11) is 0. The summed E-state index contributed by atoms with van der Waals surface area (Å²) in [5.41, 5.74) is 2.38. The van der Waals surface area contributed by atoms with E-state index in [9.17, 15) is 4.79 Å². The van der Waals surface area contributed by atoms with Crippen molar-refractivity contribution in [3.63, 3.8) is 0 Å². The van der Waals surface area contributed by atoms with Crippen LogP contribution in [0.15, 0.2) is 6.20 Å². The third-order valence-corrected chi connectivity index (χ3v) is 3.75. The monoisotopic (exact) mass is 312 g/mol. The molecule has 9 heteroatoms. The van der Waals surface area contributed by atoms with E-state index in [1.54, 1.807) is 0 Å². The number of rotatable bonds is 4. The number of nitrogens with two attached hydrogens (primary N) is 1. The fraction of sp³-hybridized carbons (Fsp3) is 0.583. The van der Waals surface area contributed by atoms with Crippen LogP contribution in [0.3, 0.4) is 0 Å². The molecule has 21 heavy (non-hydrogen) atoms. The van der Waals surface area contributed by atoms with Gasteiger partial charge in [0, 0.05) is 12.6 Å². The number of hydrogen-bond acceptors (Lipinski definition) is 7. The molecule has 2 fully saturated rings. The molecule has 2 heterocycles. The Labute approximate surface area is 127 Å². The predicted octanol–water partition coefficient (Wildman–Crippen LogP) is -0.101. The molecule has 1 unspecified atom stereocenters. The quantitative estimate of drug-likeness (QED) is 0.526. The van der Waals surface area contributed by atoms with Crippen molar-refractivity contribution in [3.8, 4) is 0 Å². The number of nitrogens with zero attached hydrogens (tertiary/aromatic N) is 3. The van der Waals surface area contributed by atoms with E-state index >= 15 is 0 Å². The molecule has 1 atom stereocenters. The minimum absolute atomic E-state index is 0.0610. The number of nitrogen functional groups attached to an aromatic ring is 1. The fourth-order valence-corrected chi connectivity index (χ4v) is 2.43. The Hall–Kier alpha value is -1.64. The number of amides is 1. The number of aromatic nitrogens is 2. The second-order valence-corrected chi connectivity index (χ2v) is 5.48. The molecule has 1 amide bonds. The zero-order valence-corrected chi connectivity index (χ0v) is 12.1. The molecule has 3 rings (SSSR count). The van der Waals surface area contributed by atoms with Crippen LogP contribution in [0.2, 0.25) is 5.02 Å². The van der Waals surface area contributed by atoms with Gasteiger partial charge in [-0.15, -0.1) is 0 Å². The zero-order valence-electron chi connectivity index (χ0n) is 11.4. The van der Waals surface area contributed by atoms with E-state index in [-0.39, 0.29) is 11.9 Å². The lowest BCUT2D eigenvalue weighted by atomic mass is 10.2. The minimum Gasteiger partial charge on any atom is -0.377 e.